The molecule has 0 aliphatic carbocycles. The van der Waals surface area contributed by atoms with Crippen molar-refractivity contribution >= 4 is 5.97 Å². The Kier molecular flexibility index (Phi) is 2.51. The maximum Gasteiger partial charge on any atom is 0.333 e. The van der Waals surface area contributed by atoms with Crippen LogP contribution in [0.2, 0.25) is 0 Å². The van der Waals surface area contributed by atoms with Crippen LogP contribution in [0, 0.1) is 0 Å². The number of aliphatic hydroxyl groups is 3. The van der Waals surface area contributed by atoms with Gasteiger partial charge in [0.1, 0.15) is 24.4 Å². The zero-order chi connectivity index (χ0) is 11.2. The summed E-state index contributed by atoms with van der Waals surface area (Å²) in [5.74, 6) is -0.535. The molecule has 0 amide bonds. The molecule has 0 radical (unpaired) electrons. The van der Waals surface area contributed by atoms with Crippen LogP contribution in [-0.4, -0.2) is 52.0 Å². The van der Waals surface area contributed by atoms with Gasteiger partial charge in [0.2, 0.25) is 0 Å². The number of hydrogen-bond acceptors (Lipinski definition) is 6. The highest BCUT2D eigenvalue weighted by Gasteiger charge is 2.49. The van der Waals surface area contributed by atoms with E-state index in [2.05, 4.69) is 6.58 Å². The maximum absolute atomic E-state index is 11.0. The third-order valence-corrected chi connectivity index (χ3v) is 2.64. The second-order valence-electron chi connectivity index (χ2n) is 3.72. The van der Waals surface area contributed by atoms with Crippen molar-refractivity contribution in [1.82, 2.24) is 0 Å². The Bertz CT molecular complexity index is 285. The number of hydrogen-bond donors (Lipinski definition) is 3. The Labute approximate surface area is 85.7 Å². The Morgan fingerprint density at radius 1 is 1.27 bits per heavy atom. The average molecular weight is 216 g/mol. The minimum atomic E-state index is -1.45. The number of carbonyl (C=O) groups is 1. The second kappa shape index (κ2) is 3.57. The lowest BCUT2D eigenvalue weighted by atomic mass is 10.0. The Hall–Kier alpha value is -0.950. The van der Waals surface area contributed by atoms with Gasteiger partial charge in [-0.3, -0.25) is 0 Å². The first-order valence-corrected chi connectivity index (χ1v) is 4.59. The standard InChI is InChI=1S/C9H12O6/c1-3-2-4(14-8(3)12)7-5(10)6(11)9(13)15-7/h4-7,9-11,13H,1-2H2/t4-,5-,6-,7-,9?/m1/s1. The minimum Gasteiger partial charge on any atom is -0.456 e. The van der Waals surface area contributed by atoms with E-state index in [-0.39, 0.29) is 6.42 Å². The van der Waals surface area contributed by atoms with Gasteiger partial charge in [-0.2, -0.15) is 0 Å². The van der Waals surface area contributed by atoms with Crippen molar-refractivity contribution in [3.63, 3.8) is 0 Å². The highest BCUT2D eigenvalue weighted by Crippen LogP contribution is 2.30. The smallest absolute Gasteiger partial charge is 0.333 e. The monoisotopic (exact) mass is 216 g/mol. The van der Waals surface area contributed by atoms with Crippen LogP contribution in [0.5, 0.6) is 0 Å². The first-order valence-electron chi connectivity index (χ1n) is 4.59. The summed E-state index contributed by atoms with van der Waals surface area (Å²) in [7, 11) is 0. The van der Waals surface area contributed by atoms with Crippen LogP contribution in [0.4, 0.5) is 0 Å². The van der Waals surface area contributed by atoms with E-state index in [0.29, 0.717) is 5.57 Å². The molecule has 0 aromatic heterocycles. The Morgan fingerprint density at radius 3 is 2.33 bits per heavy atom. The normalized spacial score (nSPS) is 45.9. The third kappa shape index (κ3) is 1.65. The minimum absolute atomic E-state index is 0.236. The van der Waals surface area contributed by atoms with Gasteiger partial charge in [0, 0.05) is 12.0 Å². The maximum atomic E-state index is 11.0. The molecule has 2 fully saturated rings. The number of carbonyl (C=O) groups excluding carboxylic acids is 1. The molecule has 2 heterocycles. The van der Waals surface area contributed by atoms with Crippen molar-refractivity contribution in [2.75, 3.05) is 0 Å². The van der Waals surface area contributed by atoms with Gasteiger partial charge in [0.05, 0.1) is 0 Å². The Balaban J connectivity index is 2.07. The average Bonchev–Trinajstić information content (AvgIpc) is 2.63. The van der Waals surface area contributed by atoms with E-state index in [1.807, 2.05) is 0 Å². The molecule has 2 aliphatic heterocycles. The van der Waals surface area contributed by atoms with Gasteiger partial charge in [0.15, 0.2) is 6.29 Å². The van der Waals surface area contributed by atoms with Crippen molar-refractivity contribution in [3.05, 3.63) is 12.2 Å². The van der Waals surface area contributed by atoms with E-state index >= 15 is 0 Å². The zero-order valence-corrected chi connectivity index (χ0v) is 7.87. The van der Waals surface area contributed by atoms with Crippen molar-refractivity contribution in [2.24, 2.45) is 0 Å². The molecule has 2 aliphatic rings. The number of aliphatic hydroxyl groups excluding tert-OH is 3. The summed E-state index contributed by atoms with van der Waals surface area (Å²) in [5, 5.41) is 27.9. The van der Waals surface area contributed by atoms with E-state index in [9.17, 15) is 15.0 Å². The van der Waals surface area contributed by atoms with Gasteiger partial charge in [-0.1, -0.05) is 6.58 Å². The molecule has 2 saturated heterocycles. The molecule has 15 heavy (non-hydrogen) atoms. The van der Waals surface area contributed by atoms with E-state index < -0.39 is 36.7 Å². The SMILES string of the molecule is C=C1C[C@H]([C@H]2OC(O)[C@H](O)[C@H]2O)OC1=O. The molecule has 0 aromatic carbocycles. The third-order valence-electron chi connectivity index (χ3n) is 2.64. The topological polar surface area (TPSA) is 96.2 Å². The van der Waals surface area contributed by atoms with E-state index in [1.165, 1.54) is 0 Å². The number of cyclic esters (lactones) is 1. The molecule has 0 spiro atoms. The van der Waals surface area contributed by atoms with Crippen molar-refractivity contribution in [3.8, 4) is 0 Å². The van der Waals surface area contributed by atoms with Crippen molar-refractivity contribution in [2.45, 2.75) is 37.1 Å². The molecule has 0 saturated carbocycles. The summed E-state index contributed by atoms with van der Waals surface area (Å²) in [6.45, 7) is 3.48. The van der Waals surface area contributed by atoms with Crippen molar-refractivity contribution < 1.29 is 29.6 Å². The fourth-order valence-electron chi connectivity index (χ4n) is 1.76. The lowest BCUT2D eigenvalue weighted by molar-refractivity contribution is -0.161. The molecule has 0 bridgehead atoms. The van der Waals surface area contributed by atoms with Crippen LogP contribution in [0.3, 0.4) is 0 Å². The molecule has 84 valence electrons. The first-order chi connectivity index (χ1) is 7.00. The van der Waals surface area contributed by atoms with E-state index in [1.54, 1.807) is 0 Å². The quantitative estimate of drug-likeness (QED) is 0.357. The van der Waals surface area contributed by atoms with Crippen molar-refractivity contribution in [1.29, 1.82) is 0 Å². The van der Waals surface area contributed by atoms with Crippen LogP contribution >= 0.6 is 0 Å². The van der Waals surface area contributed by atoms with Crippen LogP contribution in [0.15, 0.2) is 12.2 Å². The summed E-state index contributed by atoms with van der Waals surface area (Å²) in [6.07, 6.45) is -5.44. The molecule has 3 N–H and O–H groups in total. The fraction of sp³-hybridized carbons (Fsp3) is 0.667. The lowest BCUT2D eigenvalue weighted by Crippen LogP contribution is -2.38. The van der Waals surface area contributed by atoms with Gasteiger partial charge in [-0.05, 0) is 0 Å². The second-order valence-corrected chi connectivity index (χ2v) is 3.72. The molecule has 0 aromatic rings. The predicted octanol–water partition coefficient (Wildman–Crippen LogP) is -1.70. The molecular weight excluding hydrogens is 204 g/mol. The molecule has 5 atom stereocenters. The fourth-order valence-corrected chi connectivity index (χ4v) is 1.76. The van der Waals surface area contributed by atoms with Gasteiger partial charge >= 0.3 is 5.97 Å². The van der Waals surface area contributed by atoms with E-state index in [0.717, 1.165) is 0 Å². The summed E-state index contributed by atoms with van der Waals surface area (Å²) >= 11 is 0. The zero-order valence-electron chi connectivity index (χ0n) is 7.87. The predicted molar refractivity (Wildman–Crippen MR) is 46.5 cm³/mol. The summed E-state index contributed by atoms with van der Waals surface area (Å²) in [4.78, 5) is 11.0. The van der Waals surface area contributed by atoms with E-state index in [4.69, 9.17) is 14.6 Å². The van der Waals surface area contributed by atoms with Gasteiger partial charge in [-0.25, -0.2) is 4.79 Å². The molecular formula is C9H12O6. The van der Waals surface area contributed by atoms with Gasteiger partial charge in [0.25, 0.3) is 0 Å². The number of esters is 1. The van der Waals surface area contributed by atoms with Crippen LogP contribution in [0.25, 0.3) is 0 Å². The first kappa shape index (κ1) is 10.6. The summed E-state index contributed by atoms with van der Waals surface area (Å²) in [5.41, 5.74) is 0.298. The molecule has 6 heteroatoms. The van der Waals surface area contributed by atoms with Crippen LogP contribution < -0.4 is 0 Å². The number of ether oxygens (including phenoxy) is 2. The highest BCUT2D eigenvalue weighted by molar-refractivity contribution is 5.90. The van der Waals surface area contributed by atoms with Crippen LogP contribution in [0.1, 0.15) is 6.42 Å². The number of rotatable bonds is 1. The van der Waals surface area contributed by atoms with Gasteiger partial charge in [-0.15, -0.1) is 0 Å². The van der Waals surface area contributed by atoms with Crippen LogP contribution in [-0.2, 0) is 14.3 Å². The largest absolute Gasteiger partial charge is 0.456 e. The highest BCUT2D eigenvalue weighted by atomic mass is 16.7. The summed E-state index contributed by atoms with van der Waals surface area (Å²) < 4.78 is 9.78. The Morgan fingerprint density at radius 2 is 1.93 bits per heavy atom. The lowest BCUT2D eigenvalue weighted by Gasteiger charge is -2.19. The van der Waals surface area contributed by atoms with Gasteiger partial charge < -0.3 is 24.8 Å². The molecule has 2 rings (SSSR count). The molecule has 1 unspecified atom stereocenters. The summed E-state index contributed by atoms with van der Waals surface area (Å²) in [6, 6.07) is 0. The molecule has 6 nitrogen and oxygen atoms in total.